The van der Waals surface area contributed by atoms with Crippen LogP contribution in [-0.4, -0.2) is 68.2 Å². The van der Waals surface area contributed by atoms with Crippen LogP contribution in [0.3, 0.4) is 0 Å². The Morgan fingerprint density at radius 1 is 0.917 bits per heavy atom. The number of benzene rings is 1. The van der Waals surface area contributed by atoms with E-state index in [2.05, 4.69) is 4.90 Å². The van der Waals surface area contributed by atoms with E-state index in [9.17, 15) is 14.2 Å². The van der Waals surface area contributed by atoms with Crippen LogP contribution in [0.4, 0.5) is 9.59 Å². The summed E-state index contributed by atoms with van der Waals surface area (Å²) in [7, 11) is -0.377. The lowest BCUT2D eigenvalue weighted by molar-refractivity contribution is -0.0486. The van der Waals surface area contributed by atoms with E-state index in [1.54, 1.807) is 32.3 Å². The number of hydrogen-bond donors (Lipinski definition) is 0. The topological polar surface area (TPSA) is 124 Å². The van der Waals surface area contributed by atoms with Gasteiger partial charge in [0.25, 0.3) is 0 Å². The fraction of sp³-hybridized carbons (Fsp3) is 0.565. The van der Waals surface area contributed by atoms with Gasteiger partial charge in [-0.1, -0.05) is 18.2 Å². The minimum atomic E-state index is -4.36. The maximum absolute atomic E-state index is 13.2. The number of nitrogens with zero attached hydrogens (tertiary/aromatic N) is 2. The molecule has 0 aliphatic heterocycles. The highest BCUT2D eigenvalue weighted by molar-refractivity contribution is 7.48. The van der Waals surface area contributed by atoms with Gasteiger partial charge in [-0.3, -0.25) is 4.52 Å². The zero-order valence-corrected chi connectivity index (χ0v) is 22.4. The molecule has 202 valence electrons. The predicted molar refractivity (Wildman–Crippen MR) is 130 cm³/mol. The van der Waals surface area contributed by atoms with Gasteiger partial charge in [-0.15, -0.1) is 0 Å². The fourth-order valence-corrected chi connectivity index (χ4v) is 3.80. The van der Waals surface area contributed by atoms with Crippen molar-refractivity contribution in [1.29, 1.82) is 0 Å². The van der Waals surface area contributed by atoms with Gasteiger partial charge in [0, 0.05) is 18.1 Å². The smallest absolute Gasteiger partial charge is 0.432 e. The number of rotatable bonds is 14. The summed E-state index contributed by atoms with van der Waals surface area (Å²) in [6, 6.07) is 7.71. The van der Waals surface area contributed by atoms with E-state index in [0.29, 0.717) is 0 Å². The van der Waals surface area contributed by atoms with Crippen LogP contribution in [0, 0.1) is 0 Å². The maximum Gasteiger partial charge on any atom is 0.510 e. The van der Waals surface area contributed by atoms with E-state index in [1.807, 2.05) is 44.6 Å². The number of likely N-dealkylation sites (N-methyl/N-ethyl adjacent to an activating group) is 1. The molecule has 0 bridgehead atoms. The molecule has 0 fully saturated rings. The molecule has 0 aliphatic rings. The molecule has 0 saturated heterocycles. The molecule has 1 aromatic carbocycles. The van der Waals surface area contributed by atoms with E-state index in [1.165, 1.54) is 0 Å². The molecule has 13 heteroatoms. The largest absolute Gasteiger partial charge is 0.510 e. The van der Waals surface area contributed by atoms with Gasteiger partial charge in [-0.05, 0) is 59.8 Å². The highest BCUT2D eigenvalue weighted by atomic mass is 31.2. The molecule has 1 heterocycles. The van der Waals surface area contributed by atoms with Crippen LogP contribution in [0.25, 0.3) is 10.9 Å². The van der Waals surface area contributed by atoms with Crippen LogP contribution in [0.2, 0.25) is 0 Å². The molecule has 2 aromatic rings. The molecule has 0 aliphatic carbocycles. The number of para-hydroxylation sites is 1. The second-order valence-corrected chi connectivity index (χ2v) is 10.2. The summed E-state index contributed by atoms with van der Waals surface area (Å²) in [4.78, 5) is 25.3. The van der Waals surface area contributed by atoms with Gasteiger partial charge in [-0.2, -0.15) is 0 Å². The number of carbonyl (C=O) groups is 2. The standard InChI is InChI=1S/C23H35N2O10P/c1-17(2)34-22(26)29-15-32-36(28,33-16-30-23(27)35-18(3)4)31-14-25-13-19(11-12-24(5)6)20-9-7-8-10-21(20)25/h7-10,13,17-18H,11-12,14-16H2,1-6H3. The molecule has 0 spiro atoms. The van der Waals surface area contributed by atoms with Gasteiger partial charge in [0.15, 0.2) is 0 Å². The summed E-state index contributed by atoms with van der Waals surface area (Å²) in [5.41, 5.74) is 1.94. The lowest BCUT2D eigenvalue weighted by Crippen LogP contribution is -2.17. The number of hydrogen-bond acceptors (Lipinski definition) is 11. The maximum atomic E-state index is 13.2. The van der Waals surface area contributed by atoms with Crippen LogP contribution in [0.1, 0.15) is 33.3 Å². The van der Waals surface area contributed by atoms with E-state index in [0.717, 1.165) is 29.4 Å². The number of fused-ring (bicyclic) bond motifs is 1. The first-order chi connectivity index (χ1) is 17.0. The lowest BCUT2D eigenvalue weighted by Gasteiger charge is -2.18. The average molecular weight is 531 g/mol. The van der Waals surface area contributed by atoms with Gasteiger partial charge >= 0.3 is 20.1 Å². The molecule has 0 radical (unpaired) electrons. The summed E-state index contributed by atoms with van der Waals surface area (Å²) >= 11 is 0. The van der Waals surface area contributed by atoms with Crippen molar-refractivity contribution < 1.29 is 46.7 Å². The third-order valence-corrected chi connectivity index (χ3v) is 5.77. The third-order valence-electron chi connectivity index (χ3n) is 4.49. The number of ether oxygens (including phenoxy) is 4. The van der Waals surface area contributed by atoms with Gasteiger partial charge in [-0.25, -0.2) is 23.2 Å². The minimum Gasteiger partial charge on any atom is -0.432 e. The second kappa shape index (κ2) is 14.2. The Kier molecular flexibility index (Phi) is 11.7. The van der Waals surface area contributed by atoms with Crippen molar-refractivity contribution in [2.24, 2.45) is 0 Å². The van der Waals surface area contributed by atoms with Crippen LogP contribution in [0.5, 0.6) is 0 Å². The summed E-state index contributed by atoms with van der Waals surface area (Å²) in [6.07, 6.45) is -0.179. The Bertz CT molecular complexity index is 1010. The Labute approximate surface area is 210 Å². The van der Waals surface area contributed by atoms with Crippen molar-refractivity contribution in [1.82, 2.24) is 9.47 Å². The molecule has 1 aromatic heterocycles. The van der Waals surface area contributed by atoms with Crippen LogP contribution in [0.15, 0.2) is 30.5 Å². The number of carbonyl (C=O) groups excluding carboxylic acids is 2. The number of aromatic nitrogens is 1. The molecule has 36 heavy (non-hydrogen) atoms. The van der Waals surface area contributed by atoms with Gasteiger partial charge < -0.3 is 28.4 Å². The zero-order chi connectivity index (χ0) is 26.7. The van der Waals surface area contributed by atoms with Crippen LogP contribution < -0.4 is 0 Å². The zero-order valence-electron chi connectivity index (χ0n) is 21.5. The van der Waals surface area contributed by atoms with Gasteiger partial charge in [0.05, 0.1) is 17.7 Å². The van der Waals surface area contributed by atoms with Gasteiger partial charge in [0.1, 0.15) is 6.73 Å². The SMILES string of the molecule is CC(C)OC(=O)OCOP(=O)(OCOC(=O)OC(C)C)OCn1cc(CCN(C)C)c2ccccc21. The summed E-state index contributed by atoms with van der Waals surface area (Å²) in [6.45, 7) is 5.63. The number of phosphoric ester groups is 1. The van der Waals surface area contributed by atoms with Gasteiger partial charge in [0.2, 0.25) is 13.6 Å². The summed E-state index contributed by atoms with van der Waals surface area (Å²) in [5.74, 6) is 0. The first-order valence-electron chi connectivity index (χ1n) is 11.4. The fourth-order valence-electron chi connectivity index (χ4n) is 2.95. The molecular weight excluding hydrogens is 495 g/mol. The van der Waals surface area contributed by atoms with Crippen LogP contribution in [-0.2, 0) is 50.2 Å². The van der Waals surface area contributed by atoms with E-state index >= 15 is 0 Å². The lowest BCUT2D eigenvalue weighted by atomic mass is 10.1. The van der Waals surface area contributed by atoms with E-state index in [-0.39, 0.29) is 6.73 Å². The molecule has 0 saturated carbocycles. The van der Waals surface area contributed by atoms with E-state index < -0.39 is 45.9 Å². The Hall–Kier alpha value is -2.63. The monoisotopic (exact) mass is 530 g/mol. The Morgan fingerprint density at radius 2 is 1.47 bits per heavy atom. The van der Waals surface area contributed by atoms with Crippen molar-refractivity contribution in [3.05, 3.63) is 36.0 Å². The molecular formula is C23H35N2O10P. The van der Waals surface area contributed by atoms with Crippen molar-refractivity contribution in [2.45, 2.75) is 53.1 Å². The van der Waals surface area contributed by atoms with Crippen molar-refractivity contribution >= 4 is 31.0 Å². The molecule has 0 unspecified atom stereocenters. The molecule has 12 nitrogen and oxygen atoms in total. The molecule has 0 amide bonds. The first-order valence-corrected chi connectivity index (χ1v) is 12.9. The normalized spacial score (nSPS) is 11.9. The molecule has 0 atom stereocenters. The third kappa shape index (κ3) is 10.2. The average Bonchev–Trinajstić information content (AvgIpc) is 3.13. The Morgan fingerprint density at radius 3 is 2.00 bits per heavy atom. The highest BCUT2D eigenvalue weighted by Gasteiger charge is 2.29. The quantitative estimate of drug-likeness (QED) is 0.188. The van der Waals surface area contributed by atoms with Crippen molar-refractivity contribution in [3.8, 4) is 0 Å². The minimum absolute atomic E-state index is 0.216. The van der Waals surface area contributed by atoms with E-state index in [4.69, 9.17) is 32.5 Å². The summed E-state index contributed by atoms with van der Waals surface area (Å²) in [5, 5.41) is 1.03. The Balaban J connectivity index is 2.10. The number of phosphoric acid groups is 1. The molecule has 2 rings (SSSR count). The predicted octanol–water partition coefficient (Wildman–Crippen LogP) is 4.90. The van der Waals surface area contributed by atoms with Crippen molar-refractivity contribution in [2.75, 3.05) is 34.2 Å². The second-order valence-electron chi connectivity index (χ2n) is 8.52. The first kappa shape index (κ1) is 29.6. The van der Waals surface area contributed by atoms with Crippen molar-refractivity contribution in [3.63, 3.8) is 0 Å². The molecule has 0 N–H and O–H groups in total. The summed E-state index contributed by atoms with van der Waals surface area (Å²) < 4.78 is 49.8. The highest BCUT2D eigenvalue weighted by Crippen LogP contribution is 2.50. The van der Waals surface area contributed by atoms with Crippen LogP contribution >= 0.6 is 7.82 Å².